The first-order chi connectivity index (χ1) is 9.75. The summed E-state index contributed by atoms with van der Waals surface area (Å²) in [5.41, 5.74) is 5.85. The molecule has 1 unspecified atom stereocenters. The molecule has 2 atom stereocenters. The van der Waals surface area contributed by atoms with E-state index >= 15 is 0 Å². The number of nitrogens with zero attached hydrogens (tertiary/aromatic N) is 1. The van der Waals surface area contributed by atoms with E-state index in [1.54, 1.807) is 0 Å². The Balaban J connectivity index is 0.00000441. The van der Waals surface area contributed by atoms with E-state index in [9.17, 15) is 9.59 Å². The van der Waals surface area contributed by atoms with Crippen molar-refractivity contribution in [3.63, 3.8) is 0 Å². The standard InChI is InChI=1S/C16H31N3O2.ClH/c1-5-7-13(20)18-10-12-8-6-9-19(11-12)15(21)14(17)16(2,3)4;/h12,14H,5-11,17H2,1-4H3,(H,18,20);1H/t12?,14-;/m1./s1. The van der Waals surface area contributed by atoms with Crippen molar-refractivity contribution < 1.29 is 9.59 Å². The van der Waals surface area contributed by atoms with E-state index < -0.39 is 6.04 Å². The number of nitrogens with one attached hydrogen (secondary N) is 1. The van der Waals surface area contributed by atoms with Crippen molar-refractivity contribution in [3.8, 4) is 0 Å². The van der Waals surface area contributed by atoms with Gasteiger partial charge in [0.1, 0.15) is 0 Å². The van der Waals surface area contributed by atoms with Crippen LogP contribution in [0.25, 0.3) is 0 Å². The average molecular weight is 334 g/mol. The van der Waals surface area contributed by atoms with Gasteiger partial charge in [-0.15, -0.1) is 12.4 Å². The maximum Gasteiger partial charge on any atom is 0.240 e. The number of hydrogen-bond donors (Lipinski definition) is 2. The van der Waals surface area contributed by atoms with Crippen LogP contribution in [0.4, 0.5) is 0 Å². The maximum atomic E-state index is 12.4. The van der Waals surface area contributed by atoms with E-state index in [0.717, 1.165) is 25.8 Å². The minimum absolute atomic E-state index is 0. The Morgan fingerprint density at radius 2 is 2.00 bits per heavy atom. The zero-order valence-corrected chi connectivity index (χ0v) is 15.2. The Bertz CT molecular complexity index is 369. The molecule has 0 aliphatic carbocycles. The van der Waals surface area contributed by atoms with Gasteiger partial charge < -0.3 is 16.0 Å². The molecule has 130 valence electrons. The van der Waals surface area contributed by atoms with Gasteiger partial charge in [0, 0.05) is 26.1 Å². The van der Waals surface area contributed by atoms with Crippen LogP contribution in [0.3, 0.4) is 0 Å². The summed E-state index contributed by atoms with van der Waals surface area (Å²) < 4.78 is 0. The fraction of sp³-hybridized carbons (Fsp3) is 0.875. The molecule has 0 aromatic rings. The molecular weight excluding hydrogens is 302 g/mol. The van der Waals surface area contributed by atoms with Crippen molar-refractivity contribution in [1.82, 2.24) is 10.2 Å². The largest absolute Gasteiger partial charge is 0.356 e. The summed E-state index contributed by atoms with van der Waals surface area (Å²) in [5, 5.41) is 2.96. The first-order valence-electron chi connectivity index (χ1n) is 8.06. The van der Waals surface area contributed by atoms with E-state index in [2.05, 4.69) is 5.32 Å². The van der Waals surface area contributed by atoms with Crippen LogP contribution in [0.2, 0.25) is 0 Å². The Hall–Kier alpha value is -0.810. The third kappa shape index (κ3) is 6.53. The average Bonchev–Trinajstić information content (AvgIpc) is 2.43. The van der Waals surface area contributed by atoms with E-state index in [-0.39, 0.29) is 29.6 Å². The molecule has 0 saturated carbocycles. The van der Waals surface area contributed by atoms with Crippen LogP contribution in [-0.2, 0) is 9.59 Å². The van der Waals surface area contributed by atoms with Crippen molar-refractivity contribution >= 4 is 24.2 Å². The number of halogens is 1. The van der Waals surface area contributed by atoms with Crippen molar-refractivity contribution in [2.45, 2.75) is 59.4 Å². The molecule has 22 heavy (non-hydrogen) atoms. The van der Waals surface area contributed by atoms with Crippen molar-refractivity contribution in [1.29, 1.82) is 0 Å². The molecule has 0 aromatic heterocycles. The van der Waals surface area contributed by atoms with Crippen LogP contribution in [-0.4, -0.2) is 42.4 Å². The Morgan fingerprint density at radius 3 is 2.55 bits per heavy atom. The van der Waals surface area contributed by atoms with Crippen LogP contribution in [0.1, 0.15) is 53.4 Å². The Morgan fingerprint density at radius 1 is 1.36 bits per heavy atom. The van der Waals surface area contributed by atoms with E-state index in [4.69, 9.17) is 5.73 Å². The number of carbonyl (C=O) groups is 2. The van der Waals surface area contributed by atoms with Crippen molar-refractivity contribution in [2.24, 2.45) is 17.1 Å². The maximum absolute atomic E-state index is 12.4. The third-order valence-electron chi connectivity index (χ3n) is 4.09. The lowest BCUT2D eigenvalue weighted by Gasteiger charge is -2.37. The summed E-state index contributed by atoms with van der Waals surface area (Å²) in [5.74, 6) is 0.482. The molecule has 1 aliphatic heterocycles. The summed E-state index contributed by atoms with van der Waals surface area (Å²) in [6.07, 6.45) is 3.48. The predicted molar refractivity (Wildman–Crippen MR) is 91.9 cm³/mol. The zero-order chi connectivity index (χ0) is 16.0. The summed E-state index contributed by atoms with van der Waals surface area (Å²) in [6, 6.07) is -0.467. The lowest BCUT2D eigenvalue weighted by Crippen LogP contribution is -2.53. The van der Waals surface area contributed by atoms with E-state index in [0.29, 0.717) is 25.4 Å². The molecule has 2 amide bonds. The van der Waals surface area contributed by atoms with Crippen molar-refractivity contribution in [3.05, 3.63) is 0 Å². The molecule has 5 nitrogen and oxygen atoms in total. The van der Waals surface area contributed by atoms with Gasteiger partial charge in [0.15, 0.2) is 0 Å². The lowest BCUT2D eigenvalue weighted by atomic mass is 9.86. The number of piperidine rings is 1. The molecule has 6 heteroatoms. The monoisotopic (exact) mass is 333 g/mol. The van der Waals surface area contributed by atoms with Gasteiger partial charge in [-0.1, -0.05) is 27.7 Å². The molecule has 0 spiro atoms. The highest BCUT2D eigenvalue weighted by atomic mass is 35.5. The second-order valence-corrected chi connectivity index (χ2v) is 7.19. The molecule has 0 radical (unpaired) electrons. The van der Waals surface area contributed by atoms with Gasteiger partial charge in [0.25, 0.3) is 0 Å². The molecule has 1 heterocycles. The van der Waals surface area contributed by atoms with Crippen molar-refractivity contribution in [2.75, 3.05) is 19.6 Å². The summed E-state index contributed by atoms with van der Waals surface area (Å²) in [7, 11) is 0. The van der Waals surface area contributed by atoms with Gasteiger partial charge in [-0.2, -0.15) is 0 Å². The number of nitrogens with two attached hydrogens (primary N) is 1. The van der Waals surface area contributed by atoms with Gasteiger partial charge in [-0.05, 0) is 30.6 Å². The Kier molecular flexibility index (Phi) is 9.01. The number of amides is 2. The predicted octanol–water partition coefficient (Wildman–Crippen LogP) is 1.94. The highest BCUT2D eigenvalue weighted by Gasteiger charge is 2.33. The molecule has 1 fully saturated rings. The first-order valence-corrected chi connectivity index (χ1v) is 8.06. The Labute approximate surface area is 140 Å². The van der Waals surface area contributed by atoms with Gasteiger partial charge in [-0.25, -0.2) is 0 Å². The number of carbonyl (C=O) groups excluding carboxylic acids is 2. The van der Waals surface area contributed by atoms with Crippen LogP contribution in [0.5, 0.6) is 0 Å². The van der Waals surface area contributed by atoms with Gasteiger partial charge in [0.05, 0.1) is 6.04 Å². The normalized spacial score (nSPS) is 20.0. The third-order valence-corrected chi connectivity index (χ3v) is 4.09. The second kappa shape index (κ2) is 9.36. The highest BCUT2D eigenvalue weighted by Crippen LogP contribution is 2.22. The van der Waals surface area contributed by atoms with Crippen LogP contribution in [0.15, 0.2) is 0 Å². The van der Waals surface area contributed by atoms with Crippen LogP contribution in [0, 0.1) is 11.3 Å². The van der Waals surface area contributed by atoms with E-state index in [1.165, 1.54) is 0 Å². The minimum atomic E-state index is -0.467. The minimum Gasteiger partial charge on any atom is -0.356 e. The summed E-state index contributed by atoms with van der Waals surface area (Å²) >= 11 is 0. The second-order valence-electron chi connectivity index (χ2n) is 7.19. The zero-order valence-electron chi connectivity index (χ0n) is 14.4. The van der Waals surface area contributed by atoms with Crippen LogP contribution < -0.4 is 11.1 Å². The topological polar surface area (TPSA) is 75.4 Å². The SMILES string of the molecule is CCCC(=O)NCC1CCCN(C(=O)[C@@H](N)C(C)(C)C)C1.Cl. The molecular formula is C16H32ClN3O2. The highest BCUT2D eigenvalue weighted by molar-refractivity contribution is 5.85. The fourth-order valence-electron chi connectivity index (χ4n) is 2.57. The molecule has 0 aromatic carbocycles. The number of rotatable bonds is 5. The van der Waals surface area contributed by atoms with Gasteiger partial charge in [-0.3, -0.25) is 9.59 Å². The smallest absolute Gasteiger partial charge is 0.240 e. The first kappa shape index (κ1) is 21.2. The fourth-order valence-corrected chi connectivity index (χ4v) is 2.57. The quantitative estimate of drug-likeness (QED) is 0.807. The van der Waals surface area contributed by atoms with Crippen LogP contribution >= 0.6 is 12.4 Å². The van der Waals surface area contributed by atoms with Gasteiger partial charge in [0.2, 0.25) is 11.8 Å². The molecule has 1 aliphatic rings. The summed E-state index contributed by atoms with van der Waals surface area (Å²) in [4.78, 5) is 25.8. The molecule has 3 N–H and O–H groups in total. The summed E-state index contributed by atoms with van der Waals surface area (Å²) in [6.45, 7) is 10.1. The molecule has 0 bridgehead atoms. The molecule has 1 rings (SSSR count). The number of likely N-dealkylation sites (tertiary alicyclic amines) is 1. The molecule has 1 saturated heterocycles. The van der Waals surface area contributed by atoms with E-state index in [1.807, 2.05) is 32.6 Å². The lowest BCUT2D eigenvalue weighted by molar-refractivity contribution is -0.136. The van der Waals surface area contributed by atoms with Gasteiger partial charge >= 0.3 is 0 Å². The number of hydrogen-bond acceptors (Lipinski definition) is 3.